The lowest BCUT2D eigenvalue weighted by Crippen LogP contribution is -2.34. The lowest BCUT2D eigenvalue weighted by molar-refractivity contribution is -0.142. The van der Waals surface area contributed by atoms with E-state index in [4.69, 9.17) is 26.0 Å². The van der Waals surface area contributed by atoms with Crippen LogP contribution in [-0.2, 0) is 11.3 Å². The van der Waals surface area contributed by atoms with Crippen LogP contribution < -0.4 is 10.1 Å². The van der Waals surface area contributed by atoms with Crippen molar-refractivity contribution in [1.82, 2.24) is 15.5 Å². The zero-order chi connectivity index (χ0) is 24.9. The van der Waals surface area contributed by atoms with Crippen molar-refractivity contribution in [2.75, 3.05) is 0 Å². The van der Waals surface area contributed by atoms with Crippen molar-refractivity contribution < 1.29 is 19.2 Å². The van der Waals surface area contributed by atoms with E-state index in [0.29, 0.717) is 58.7 Å². The van der Waals surface area contributed by atoms with E-state index in [2.05, 4.69) is 21.5 Å². The van der Waals surface area contributed by atoms with Crippen molar-refractivity contribution in [2.24, 2.45) is 5.92 Å². The molecule has 1 aliphatic carbocycles. The second-order valence-corrected chi connectivity index (χ2v) is 9.40. The summed E-state index contributed by atoms with van der Waals surface area (Å²) in [7, 11) is 0. The smallest absolute Gasteiger partial charge is 0.306 e. The van der Waals surface area contributed by atoms with Gasteiger partial charge in [0.05, 0.1) is 22.6 Å². The number of carboxylic acids is 1. The minimum absolute atomic E-state index is 0. The fourth-order valence-corrected chi connectivity index (χ4v) is 4.50. The van der Waals surface area contributed by atoms with Crippen LogP contribution in [0.4, 0.5) is 0 Å². The number of aliphatic carboxylic acids is 1. The van der Waals surface area contributed by atoms with Crippen molar-refractivity contribution >= 4 is 30.0 Å². The van der Waals surface area contributed by atoms with Gasteiger partial charge >= 0.3 is 5.97 Å². The minimum Gasteiger partial charge on any atom is -0.490 e. The highest BCUT2D eigenvalue weighted by atomic mass is 35.5. The normalized spacial score (nSPS) is 17.3. The summed E-state index contributed by atoms with van der Waals surface area (Å²) in [5, 5.41) is 26.7. The molecular formula is C26H28Cl2N4O4. The first kappa shape index (κ1) is 27.5. The maximum atomic E-state index is 11.1. The van der Waals surface area contributed by atoms with E-state index < -0.39 is 5.97 Å². The van der Waals surface area contributed by atoms with Gasteiger partial charge in [0.2, 0.25) is 5.82 Å². The quantitative estimate of drug-likeness (QED) is 0.370. The van der Waals surface area contributed by atoms with E-state index in [0.717, 1.165) is 18.4 Å². The van der Waals surface area contributed by atoms with Crippen LogP contribution in [-0.4, -0.2) is 33.4 Å². The largest absolute Gasteiger partial charge is 0.490 e. The van der Waals surface area contributed by atoms with Crippen LogP contribution in [0.5, 0.6) is 5.75 Å². The minimum atomic E-state index is -0.696. The highest BCUT2D eigenvalue weighted by Gasteiger charge is 2.25. The Hall–Kier alpha value is -3.12. The van der Waals surface area contributed by atoms with Gasteiger partial charge in [0, 0.05) is 23.7 Å². The Morgan fingerprint density at radius 1 is 1.25 bits per heavy atom. The zero-order valence-corrected chi connectivity index (χ0v) is 21.6. The van der Waals surface area contributed by atoms with Gasteiger partial charge in [-0.2, -0.15) is 10.2 Å². The third-order valence-electron chi connectivity index (χ3n) is 6.08. The van der Waals surface area contributed by atoms with E-state index >= 15 is 0 Å². The Morgan fingerprint density at radius 2 is 2.00 bits per heavy atom. The average molecular weight is 531 g/mol. The Balaban J connectivity index is 0.00000361. The maximum Gasteiger partial charge on any atom is 0.306 e. The van der Waals surface area contributed by atoms with E-state index in [1.165, 1.54) is 0 Å². The summed E-state index contributed by atoms with van der Waals surface area (Å²) in [6.07, 6.45) is 3.07. The molecule has 0 atom stereocenters. The highest BCUT2D eigenvalue weighted by Crippen LogP contribution is 2.31. The fourth-order valence-electron chi connectivity index (χ4n) is 4.21. The molecule has 1 heterocycles. The number of carboxylic acid groups (broad SMARTS) is 1. The van der Waals surface area contributed by atoms with Crippen molar-refractivity contribution in [1.29, 1.82) is 5.26 Å². The molecule has 8 nitrogen and oxygen atoms in total. The molecule has 0 unspecified atom stereocenters. The number of carbonyl (C=O) groups is 1. The zero-order valence-electron chi connectivity index (χ0n) is 20.0. The van der Waals surface area contributed by atoms with Crippen LogP contribution in [0, 0.1) is 17.2 Å². The first-order valence-electron chi connectivity index (χ1n) is 11.6. The summed E-state index contributed by atoms with van der Waals surface area (Å²) in [6, 6.07) is 13.3. The molecule has 1 fully saturated rings. The lowest BCUT2D eigenvalue weighted by Gasteiger charge is -2.27. The molecule has 3 aromatic rings. The monoisotopic (exact) mass is 530 g/mol. The molecule has 0 saturated heterocycles. The summed E-state index contributed by atoms with van der Waals surface area (Å²) in [5.74, 6) is 0.231. The highest BCUT2D eigenvalue weighted by molar-refractivity contribution is 6.33. The van der Waals surface area contributed by atoms with Gasteiger partial charge in [-0.25, -0.2) is 0 Å². The number of hydrogen-bond acceptors (Lipinski definition) is 7. The third kappa shape index (κ3) is 6.55. The molecule has 2 aromatic carbocycles. The Labute approximate surface area is 221 Å². The van der Waals surface area contributed by atoms with Crippen LogP contribution in [0.25, 0.3) is 22.8 Å². The van der Waals surface area contributed by atoms with Gasteiger partial charge in [0.1, 0.15) is 11.8 Å². The Morgan fingerprint density at radius 3 is 2.64 bits per heavy atom. The van der Waals surface area contributed by atoms with Gasteiger partial charge in [-0.1, -0.05) is 22.8 Å². The molecule has 1 saturated carbocycles. The number of benzene rings is 2. The number of ether oxygens (including phenoxy) is 1. The van der Waals surface area contributed by atoms with E-state index in [1.54, 1.807) is 18.2 Å². The van der Waals surface area contributed by atoms with Crippen molar-refractivity contribution in [3.63, 3.8) is 0 Å². The lowest BCUT2D eigenvalue weighted by atomic mass is 9.86. The molecule has 190 valence electrons. The molecule has 2 N–H and O–H groups in total. The van der Waals surface area contributed by atoms with Crippen LogP contribution in [0.1, 0.15) is 50.7 Å². The molecule has 0 radical (unpaired) electrons. The molecular weight excluding hydrogens is 503 g/mol. The van der Waals surface area contributed by atoms with Crippen molar-refractivity contribution in [2.45, 2.75) is 58.2 Å². The van der Waals surface area contributed by atoms with Gasteiger partial charge in [0.15, 0.2) is 0 Å². The van der Waals surface area contributed by atoms with Crippen molar-refractivity contribution in [3.05, 3.63) is 52.5 Å². The van der Waals surface area contributed by atoms with E-state index in [9.17, 15) is 10.1 Å². The summed E-state index contributed by atoms with van der Waals surface area (Å²) in [6.45, 7) is 4.44. The molecule has 1 aromatic heterocycles. The molecule has 0 spiro atoms. The fraction of sp³-hybridized carbons (Fsp3) is 0.385. The number of halogens is 2. The second-order valence-electron chi connectivity index (χ2n) is 8.99. The van der Waals surface area contributed by atoms with Crippen LogP contribution in [0.2, 0.25) is 5.02 Å². The number of hydrogen-bond donors (Lipinski definition) is 2. The predicted octanol–water partition coefficient (Wildman–Crippen LogP) is 5.87. The van der Waals surface area contributed by atoms with E-state index in [-0.39, 0.29) is 30.3 Å². The van der Waals surface area contributed by atoms with Gasteiger partial charge in [0.25, 0.3) is 5.89 Å². The second kappa shape index (κ2) is 12.2. The van der Waals surface area contributed by atoms with Crippen molar-refractivity contribution in [3.8, 4) is 34.7 Å². The standard InChI is InChI=1S/C26H27ClN4O4.ClH/c1-15(2)34-23-10-6-18(12-19(23)13-28)25-30-24(31-35-25)21-9-3-16(11-22(21)27)14-29-20-7-4-17(5-8-20)26(32)33;/h3,6,9-12,15,17,20,29H,4-5,7-8,14H2,1-2H3,(H,32,33);1H. The topological polar surface area (TPSA) is 121 Å². The predicted molar refractivity (Wildman–Crippen MR) is 138 cm³/mol. The SMILES string of the molecule is CC(C)Oc1ccc(-c2nc(-c3ccc(CNC4CCC(C(=O)O)CC4)cc3Cl)no2)cc1C#N.Cl. The molecule has 0 aliphatic heterocycles. The van der Waals surface area contributed by atoms with Crippen LogP contribution in [0.3, 0.4) is 0 Å². The Kier molecular flexibility index (Phi) is 9.32. The number of nitrogens with zero attached hydrogens (tertiary/aromatic N) is 3. The van der Waals surface area contributed by atoms with Gasteiger partial charge < -0.3 is 19.7 Å². The molecule has 0 amide bonds. The number of rotatable bonds is 8. The summed E-state index contributed by atoms with van der Waals surface area (Å²) in [5.41, 5.74) is 2.67. The molecule has 0 bridgehead atoms. The number of nitrogens with one attached hydrogen (secondary N) is 1. The number of nitriles is 1. The molecule has 36 heavy (non-hydrogen) atoms. The van der Waals surface area contributed by atoms with Gasteiger partial charge in [-0.05, 0) is 75.4 Å². The van der Waals surface area contributed by atoms with Crippen LogP contribution >= 0.6 is 24.0 Å². The van der Waals surface area contributed by atoms with Gasteiger partial charge in [-0.3, -0.25) is 4.79 Å². The first-order chi connectivity index (χ1) is 16.8. The summed E-state index contributed by atoms with van der Waals surface area (Å²) < 4.78 is 11.1. The first-order valence-corrected chi connectivity index (χ1v) is 12.0. The number of aromatic nitrogens is 2. The van der Waals surface area contributed by atoms with E-state index in [1.807, 2.05) is 32.0 Å². The average Bonchev–Trinajstić information content (AvgIpc) is 3.33. The maximum absolute atomic E-state index is 11.1. The van der Waals surface area contributed by atoms with Gasteiger partial charge in [-0.15, -0.1) is 12.4 Å². The summed E-state index contributed by atoms with van der Waals surface area (Å²) in [4.78, 5) is 15.6. The molecule has 4 rings (SSSR count). The molecule has 1 aliphatic rings. The summed E-state index contributed by atoms with van der Waals surface area (Å²) >= 11 is 6.54. The third-order valence-corrected chi connectivity index (χ3v) is 6.39. The Bertz CT molecular complexity index is 1250. The molecule has 10 heteroatoms. The van der Waals surface area contributed by atoms with Crippen LogP contribution in [0.15, 0.2) is 40.9 Å².